The van der Waals surface area contributed by atoms with Crippen LogP contribution in [0.3, 0.4) is 0 Å². The Balaban J connectivity index is 1.86. The first-order chi connectivity index (χ1) is 13.6. The molecular formula is C19H23N5O3S2. The van der Waals surface area contributed by atoms with E-state index >= 15 is 0 Å². The van der Waals surface area contributed by atoms with Crippen molar-refractivity contribution in [1.82, 2.24) is 14.8 Å². The summed E-state index contributed by atoms with van der Waals surface area (Å²) < 4.78 is 28.8. The lowest BCUT2D eigenvalue weighted by Gasteiger charge is -2.21. The normalized spacial score (nSPS) is 12.0. The second-order valence-electron chi connectivity index (χ2n) is 7.48. The highest BCUT2D eigenvalue weighted by Crippen LogP contribution is 2.26. The van der Waals surface area contributed by atoms with Gasteiger partial charge in [-0.05, 0) is 12.1 Å². The smallest absolute Gasteiger partial charge is 0.266 e. The predicted octanol–water partition coefficient (Wildman–Crippen LogP) is 3.01. The summed E-state index contributed by atoms with van der Waals surface area (Å²) in [4.78, 5) is 16.9. The summed E-state index contributed by atoms with van der Waals surface area (Å²) in [6.45, 7) is 5.67. The van der Waals surface area contributed by atoms with Crippen molar-refractivity contribution >= 4 is 38.2 Å². The van der Waals surface area contributed by atoms with E-state index in [1.54, 1.807) is 41.4 Å². The van der Waals surface area contributed by atoms with Crippen LogP contribution in [0.4, 0.5) is 10.9 Å². The van der Waals surface area contributed by atoms with Gasteiger partial charge in [0.25, 0.3) is 10.0 Å². The molecular weight excluding hydrogens is 410 g/mol. The summed E-state index contributed by atoms with van der Waals surface area (Å²) >= 11 is 1.15. The average Bonchev–Trinajstić information content (AvgIpc) is 3.30. The first-order valence-corrected chi connectivity index (χ1v) is 11.2. The van der Waals surface area contributed by atoms with Gasteiger partial charge in [-0.25, -0.2) is 17.7 Å². The lowest BCUT2D eigenvalue weighted by atomic mass is 9.92. The maximum absolute atomic E-state index is 13.1. The Morgan fingerprint density at radius 1 is 1.24 bits per heavy atom. The van der Waals surface area contributed by atoms with E-state index in [9.17, 15) is 13.2 Å². The molecule has 0 spiro atoms. The summed E-state index contributed by atoms with van der Waals surface area (Å²) in [6, 6.07) is 9.77. The topological polar surface area (TPSA) is 97.2 Å². The number of nitrogens with one attached hydrogen (secondary N) is 1. The van der Waals surface area contributed by atoms with Crippen molar-refractivity contribution in [3.63, 3.8) is 0 Å². The SMILES string of the molecule is Cn1nc(C(C)(C)C)cc1NC(=O)CN(c1nccs1)S(=O)(=O)c1ccccc1. The molecule has 0 aliphatic carbocycles. The van der Waals surface area contributed by atoms with Crippen LogP contribution in [0.15, 0.2) is 52.9 Å². The Morgan fingerprint density at radius 3 is 2.48 bits per heavy atom. The minimum Gasteiger partial charge on any atom is -0.309 e. The molecule has 1 aromatic carbocycles. The predicted molar refractivity (Wildman–Crippen MR) is 114 cm³/mol. The molecule has 10 heteroatoms. The van der Waals surface area contributed by atoms with Crippen molar-refractivity contribution in [2.45, 2.75) is 31.1 Å². The van der Waals surface area contributed by atoms with Crippen LogP contribution < -0.4 is 9.62 Å². The van der Waals surface area contributed by atoms with Crippen LogP contribution in [0.2, 0.25) is 0 Å². The first kappa shape index (κ1) is 21.0. The van der Waals surface area contributed by atoms with Gasteiger partial charge in [-0.1, -0.05) is 39.0 Å². The molecule has 154 valence electrons. The largest absolute Gasteiger partial charge is 0.309 e. The number of nitrogens with zero attached hydrogens (tertiary/aromatic N) is 4. The molecule has 0 atom stereocenters. The van der Waals surface area contributed by atoms with Gasteiger partial charge in [0.05, 0.1) is 10.6 Å². The third-order valence-corrected chi connectivity index (χ3v) is 6.83. The number of sulfonamides is 1. The molecule has 2 aromatic heterocycles. The number of benzene rings is 1. The van der Waals surface area contributed by atoms with E-state index in [-0.39, 0.29) is 15.4 Å². The summed E-state index contributed by atoms with van der Waals surface area (Å²) in [5.41, 5.74) is 0.647. The van der Waals surface area contributed by atoms with Crippen LogP contribution in [0.5, 0.6) is 0 Å². The van der Waals surface area contributed by atoms with Crippen molar-refractivity contribution < 1.29 is 13.2 Å². The van der Waals surface area contributed by atoms with E-state index in [1.807, 2.05) is 20.8 Å². The highest BCUT2D eigenvalue weighted by molar-refractivity contribution is 7.93. The van der Waals surface area contributed by atoms with Gasteiger partial charge in [0, 0.05) is 30.1 Å². The fourth-order valence-electron chi connectivity index (χ4n) is 2.58. The summed E-state index contributed by atoms with van der Waals surface area (Å²) in [5, 5.41) is 9.06. The second-order valence-corrected chi connectivity index (χ2v) is 10.2. The van der Waals surface area contributed by atoms with E-state index in [0.717, 1.165) is 21.3 Å². The van der Waals surface area contributed by atoms with Crippen molar-refractivity contribution in [2.75, 3.05) is 16.2 Å². The molecule has 0 unspecified atom stereocenters. The molecule has 0 bridgehead atoms. The van der Waals surface area contributed by atoms with E-state index in [2.05, 4.69) is 15.4 Å². The highest BCUT2D eigenvalue weighted by atomic mass is 32.2. The summed E-state index contributed by atoms with van der Waals surface area (Å²) in [7, 11) is -2.22. The third kappa shape index (κ3) is 4.65. The fraction of sp³-hybridized carbons (Fsp3) is 0.316. The molecule has 0 fully saturated rings. The Kier molecular flexibility index (Phi) is 5.76. The van der Waals surface area contributed by atoms with Gasteiger partial charge in [0.1, 0.15) is 12.4 Å². The number of rotatable bonds is 6. The number of carbonyl (C=O) groups is 1. The van der Waals surface area contributed by atoms with Gasteiger partial charge in [0.2, 0.25) is 5.91 Å². The number of amides is 1. The number of carbonyl (C=O) groups excluding carboxylic acids is 1. The van der Waals surface area contributed by atoms with E-state index < -0.39 is 22.5 Å². The van der Waals surface area contributed by atoms with E-state index in [1.165, 1.54) is 18.3 Å². The van der Waals surface area contributed by atoms with Crippen LogP contribution in [-0.4, -0.2) is 35.6 Å². The van der Waals surface area contributed by atoms with Crippen molar-refractivity contribution in [3.8, 4) is 0 Å². The maximum Gasteiger partial charge on any atom is 0.266 e. The van der Waals surface area contributed by atoms with Crippen LogP contribution >= 0.6 is 11.3 Å². The van der Waals surface area contributed by atoms with Crippen LogP contribution in [0.1, 0.15) is 26.5 Å². The number of hydrogen-bond acceptors (Lipinski definition) is 6. The number of thiazole rings is 1. The lowest BCUT2D eigenvalue weighted by Crippen LogP contribution is -2.38. The molecule has 1 amide bonds. The summed E-state index contributed by atoms with van der Waals surface area (Å²) in [6.07, 6.45) is 1.50. The third-order valence-electron chi connectivity index (χ3n) is 4.17. The van der Waals surface area contributed by atoms with E-state index in [4.69, 9.17) is 0 Å². The fourth-order valence-corrected chi connectivity index (χ4v) is 4.84. The zero-order valence-electron chi connectivity index (χ0n) is 16.7. The number of aryl methyl sites for hydroxylation is 1. The van der Waals surface area contributed by atoms with Gasteiger partial charge >= 0.3 is 0 Å². The maximum atomic E-state index is 13.1. The number of aromatic nitrogens is 3. The Morgan fingerprint density at radius 2 is 1.93 bits per heavy atom. The molecule has 8 nitrogen and oxygen atoms in total. The van der Waals surface area contributed by atoms with Gasteiger partial charge in [-0.3, -0.25) is 9.48 Å². The Labute approximate surface area is 174 Å². The average molecular weight is 434 g/mol. The monoisotopic (exact) mass is 433 g/mol. The molecule has 3 aromatic rings. The Bertz CT molecular complexity index is 1080. The molecule has 0 saturated heterocycles. The standard InChI is InChI=1S/C19H23N5O3S2/c1-19(2,3)15-12-16(23(4)22-15)21-17(25)13-24(18-20-10-11-28-18)29(26,27)14-8-6-5-7-9-14/h5-12H,13H2,1-4H3,(H,21,25). The zero-order chi connectivity index (χ0) is 21.2. The second kappa shape index (κ2) is 7.96. The van der Waals surface area contributed by atoms with Crippen molar-refractivity contribution in [3.05, 3.63) is 53.7 Å². The minimum atomic E-state index is -3.94. The van der Waals surface area contributed by atoms with Crippen LogP contribution in [0.25, 0.3) is 0 Å². The molecule has 3 rings (SSSR count). The zero-order valence-corrected chi connectivity index (χ0v) is 18.3. The first-order valence-electron chi connectivity index (χ1n) is 8.90. The van der Waals surface area contributed by atoms with Gasteiger partial charge in [-0.2, -0.15) is 5.10 Å². The van der Waals surface area contributed by atoms with Gasteiger partial charge in [-0.15, -0.1) is 11.3 Å². The van der Waals surface area contributed by atoms with Crippen molar-refractivity contribution in [1.29, 1.82) is 0 Å². The molecule has 0 aliphatic rings. The quantitative estimate of drug-likeness (QED) is 0.644. The molecule has 1 N–H and O–H groups in total. The minimum absolute atomic E-state index is 0.0959. The highest BCUT2D eigenvalue weighted by Gasteiger charge is 2.29. The van der Waals surface area contributed by atoms with Gasteiger partial charge < -0.3 is 5.32 Å². The summed E-state index contributed by atoms with van der Waals surface area (Å²) in [5.74, 6) is 0.0132. The van der Waals surface area contributed by atoms with Crippen LogP contribution in [-0.2, 0) is 27.3 Å². The lowest BCUT2D eigenvalue weighted by molar-refractivity contribution is -0.114. The molecule has 0 radical (unpaired) electrons. The van der Waals surface area contributed by atoms with Gasteiger partial charge in [0.15, 0.2) is 5.13 Å². The number of hydrogen-bond donors (Lipinski definition) is 1. The number of anilines is 2. The van der Waals surface area contributed by atoms with Crippen LogP contribution in [0, 0.1) is 0 Å². The van der Waals surface area contributed by atoms with Crippen molar-refractivity contribution in [2.24, 2.45) is 7.05 Å². The molecule has 29 heavy (non-hydrogen) atoms. The van der Waals surface area contributed by atoms with E-state index in [0.29, 0.717) is 5.82 Å². The molecule has 2 heterocycles. The molecule has 0 saturated carbocycles. The molecule has 0 aliphatic heterocycles. The Hall–Kier alpha value is -2.72.